The van der Waals surface area contributed by atoms with Gasteiger partial charge in [0.05, 0.1) is 0 Å². The highest BCUT2D eigenvalue weighted by molar-refractivity contribution is 6.00. The molecule has 0 aliphatic carbocycles. The summed E-state index contributed by atoms with van der Waals surface area (Å²) >= 11 is 0. The van der Waals surface area contributed by atoms with E-state index in [1.54, 1.807) is 0 Å². The smallest absolute Gasteiger partial charge is 0.207 e. The van der Waals surface area contributed by atoms with E-state index in [1.165, 1.54) is 0 Å². The minimum absolute atomic E-state index is 0.0464. The number of Topliss-reactive ketones (excluding diaryl/α,β-unsaturated/α-hetero) is 1. The zero-order chi connectivity index (χ0) is 12.1. The number of hydrogen-bond donors (Lipinski definition) is 1. The first kappa shape index (κ1) is 11.3. The van der Waals surface area contributed by atoms with E-state index in [4.69, 9.17) is 0 Å². The van der Waals surface area contributed by atoms with Gasteiger partial charge < -0.3 is 5.32 Å². The minimum atomic E-state index is 0.0464. The fraction of sp³-hybridized carbons (Fsp3) is 0.143. The number of amides is 1. The summed E-state index contributed by atoms with van der Waals surface area (Å²) in [6.45, 7) is 0.384. The minimum Gasteiger partial charge on any atom is -0.358 e. The molecule has 0 saturated heterocycles. The summed E-state index contributed by atoms with van der Waals surface area (Å²) in [5, 5.41) is 4.66. The van der Waals surface area contributed by atoms with Crippen LogP contribution < -0.4 is 5.32 Å². The highest BCUT2D eigenvalue weighted by Crippen LogP contribution is 2.16. The Morgan fingerprint density at radius 2 is 1.88 bits per heavy atom. The molecular formula is C14H13NO2. The van der Waals surface area contributed by atoms with Gasteiger partial charge >= 0.3 is 0 Å². The molecule has 3 heteroatoms. The third-order valence-electron chi connectivity index (χ3n) is 2.65. The molecule has 2 aromatic carbocycles. The number of benzene rings is 2. The van der Waals surface area contributed by atoms with Crippen molar-refractivity contribution in [3.63, 3.8) is 0 Å². The second-order valence-corrected chi connectivity index (χ2v) is 3.81. The van der Waals surface area contributed by atoms with Gasteiger partial charge in [-0.2, -0.15) is 0 Å². The molecule has 0 aliphatic rings. The van der Waals surface area contributed by atoms with Crippen molar-refractivity contribution in [2.75, 3.05) is 6.54 Å². The quantitative estimate of drug-likeness (QED) is 0.483. The van der Waals surface area contributed by atoms with Gasteiger partial charge in [-0.15, -0.1) is 0 Å². The molecule has 1 amide bonds. The third kappa shape index (κ3) is 2.69. The molecule has 2 rings (SSSR count). The van der Waals surface area contributed by atoms with Gasteiger partial charge in [0, 0.05) is 18.5 Å². The van der Waals surface area contributed by atoms with E-state index in [2.05, 4.69) is 5.32 Å². The first-order valence-corrected chi connectivity index (χ1v) is 5.50. The molecule has 3 nitrogen and oxygen atoms in total. The zero-order valence-corrected chi connectivity index (χ0v) is 9.35. The van der Waals surface area contributed by atoms with Crippen LogP contribution in [-0.4, -0.2) is 18.7 Å². The Balaban J connectivity index is 2.18. The fourth-order valence-electron chi connectivity index (χ4n) is 1.75. The van der Waals surface area contributed by atoms with Crippen LogP contribution >= 0.6 is 0 Å². The fourth-order valence-corrected chi connectivity index (χ4v) is 1.75. The molecule has 17 heavy (non-hydrogen) atoms. The number of carbonyl (C=O) groups excluding carboxylic acids is 2. The summed E-state index contributed by atoms with van der Waals surface area (Å²) in [6, 6.07) is 13.6. The average molecular weight is 227 g/mol. The molecule has 0 bridgehead atoms. The Labute approximate surface area is 99.4 Å². The molecule has 0 spiro atoms. The maximum Gasteiger partial charge on any atom is 0.207 e. The van der Waals surface area contributed by atoms with Crippen molar-refractivity contribution in [1.82, 2.24) is 5.32 Å². The largest absolute Gasteiger partial charge is 0.358 e. The highest BCUT2D eigenvalue weighted by Gasteiger charge is 2.05. The standard InChI is InChI=1S/C14H13NO2/c16-10-15-8-7-14(17)13-6-5-11-3-1-2-4-12(11)9-13/h1-6,9-10H,7-8H2,(H,15,16). The van der Waals surface area contributed by atoms with Crippen LogP contribution in [0.25, 0.3) is 10.8 Å². The first-order chi connectivity index (χ1) is 8.31. The van der Waals surface area contributed by atoms with E-state index in [9.17, 15) is 9.59 Å². The van der Waals surface area contributed by atoms with Crippen LogP contribution in [0, 0.1) is 0 Å². The van der Waals surface area contributed by atoms with E-state index in [1.807, 2.05) is 42.5 Å². The summed E-state index contributed by atoms with van der Waals surface area (Å²) in [4.78, 5) is 21.9. The SMILES string of the molecule is O=CNCCC(=O)c1ccc2ccccc2c1. The van der Waals surface area contributed by atoms with Gasteiger partial charge in [-0.25, -0.2) is 0 Å². The molecule has 0 fully saturated rings. The van der Waals surface area contributed by atoms with Crippen LogP contribution in [0.4, 0.5) is 0 Å². The van der Waals surface area contributed by atoms with E-state index in [0.717, 1.165) is 10.8 Å². The number of nitrogens with one attached hydrogen (secondary N) is 1. The van der Waals surface area contributed by atoms with E-state index < -0.39 is 0 Å². The monoisotopic (exact) mass is 227 g/mol. The van der Waals surface area contributed by atoms with Crippen LogP contribution in [0.15, 0.2) is 42.5 Å². The van der Waals surface area contributed by atoms with E-state index in [-0.39, 0.29) is 5.78 Å². The molecule has 0 aliphatic heterocycles. The van der Waals surface area contributed by atoms with Gasteiger partial charge in [0.1, 0.15) is 0 Å². The zero-order valence-electron chi connectivity index (χ0n) is 9.35. The number of hydrogen-bond acceptors (Lipinski definition) is 2. The van der Waals surface area contributed by atoms with Crippen LogP contribution in [-0.2, 0) is 4.79 Å². The molecule has 0 unspecified atom stereocenters. The lowest BCUT2D eigenvalue weighted by molar-refractivity contribution is -0.109. The summed E-state index contributed by atoms with van der Waals surface area (Å²) in [6.07, 6.45) is 0.935. The maximum atomic E-state index is 11.8. The van der Waals surface area contributed by atoms with Gasteiger partial charge in [0.15, 0.2) is 5.78 Å². The summed E-state index contributed by atoms with van der Waals surface area (Å²) < 4.78 is 0. The maximum absolute atomic E-state index is 11.8. The lowest BCUT2D eigenvalue weighted by atomic mass is 10.0. The molecule has 0 aromatic heterocycles. The lowest BCUT2D eigenvalue weighted by Gasteiger charge is -2.03. The second-order valence-electron chi connectivity index (χ2n) is 3.81. The predicted molar refractivity (Wildman–Crippen MR) is 67.0 cm³/mol. The van der Waals surface area contributed by atoms with Crippen molar-refractivity contribution in [2.24, 2.45) is 0 Å². The molecule has 2 aromatic rings. The van der Waals surface area contributed by atoms with Crippen molar-refractivity contribution in [1.29, 1.82) is 0 Å². The van der Waals surface area contributed by atoms with Crippen molar-refractivity contribution in [3.05, 3.63) is 48.0 Å². The number of fused-ring (bicyclic) bond motifs is 1. The Morgan fingerprint density at radius 3 is 2.65 bits per heavy atom. The third-order valence-corrected chi connectivity index (χ3v) is 2.65. The van der Waals surface area contributed by atoms with Crippen molar-refractivity contribution in [2.45, 2.75) is 6.42 Å². The molecule has 0 atom stereocenters. The van der Waals surface area contributed by atoms with Crippen molar-refractivity contribution >= 4 is 23.0 Å². The molecule has 0 heterocycles. The van der Waals surface area contributed by atoms with E-state index in [0.29, 0.717) is 24.9 Å². The van der Waals surface area contributed by atoms with Crippen LogP contribution in [0.2, 0.25) is 0 Å². The Kier molecular flexibility index (Phi) is 3.50. The van der Waals surface area contributed by atoms with Gasteiger partial charge in [0.2, 0.25) is 6.41 Å². The average Bonchev–Trinajstić information content (AvgIpc) is 2.38. The first-order valence-electron chi connectivity index (χ1n) is 5.50. The molecular weight excluding hydrogens is 214 g/mol. The summed E-state index contributed by atoms with van der Waals surface area (Å²) in [7, 11) is 0. The van der Waals surface area contributed by atoms with Gasteiger partial charge in [-0.05, 0) is 16.8 Å². The highest BCUT2D eigenvalue weighted by atomic mass is 16.1. The Hall–Kier alpha value is -2.16. The summed E-state index contributed by atoms with van der Waals surface area (Å²) in [5.41, 5.74) is 0.691. The number of ketones is 1. The molecule has 86 valence electrons. The predicted octanol–water partition coefficient (Wildman–Crippen LogP) is 2.16. The van der Waals surface area contributed by atoms with Gasteiger partial charge in [-0.3, -0.25) is 9.59 Å². The van der Waals surface area contributed by atoms with Crippen LogP contribution in [0.1, 0.15) is 16.8 Å². The second kappa shape index (κ2) is 5.25. The molecule has 0 saturated carbocycles. The Morgan fingerprint density at radius 1 is 1.12 bits per heavy atom. The van der Waals surface area contributed by atoms with Crippen molar-refractivity contribution in [3.8, 4) is 0 Å². The Bertz CT molecular complexity index is 549. The van der Waals surface area contributed by atoms with Gasteiger partial charge in [-0.1, -0.05) is 36.4 Å². The van der Waals surface area contributed by atoms with Gasteiger partial charge in [0.25, 0.3) is 0 Å². The number of rotatable bonds is 5. The van der Waals surface area contributed by atoms with Crippen LogP contribution in [0.5, 0.6) is 0 Å². The normalized spacial score (nSPS) is 10.1. The van der Waals surface area contributed by atoms with Crippen molar-refractivity contribution < 1.29 is 9.59 Å². The molecule has 0 radical (unpaired) electrons. The van der Waals surface area contributed by atoms with E-state index >= 15 is 0 Å². The lowest BCUT2D eigenvalue weighted by Crippen LogP contribution is -2.16. The summed E-state index contributed by atoms with van der Waals surface area (Å²) in [5.74, 6) is 0.0464. The topological polar surface area (TPSA) is 46.2 Å². The molecule has 1 N–H and O–H groups in total. The van der Waals surface area contributed by atoms with Crippen LogP contribution in [0.3, 0.4) is 0 Å². The number of carbonyl (C=O) groups is 2.